The van der Waals surface area contributed by atoms with E-state index in [4.69, 9.17) is 5.11 Å². The number of nitrogens with zero attached hydrogens (tertiary/aromatic N) is 2. The molecule has 0 amide bonds. The molecule has 1 aromatic heterocycles. The number of aliphatic carboxylic acids is 1. The van der Waals surface area contributed by atoms with Crippen molar-refractivity contribution in [2.45, 2.75) is 19.0 Å². The zero-order valence-electron chi connectivity index (χ0n) is 9.09. The second kappa shape index (κ2) is 4.90. The highest BCUT2D eigenvalue weighted by Crippen LogP contribution is 2.24. The van der Waals surface area contributed by atoms with Crippen LogP contribution in [-0.4, -0.2) is 46.6 Å². The standard InChI is InChI=1S/C10H15N3O2S/c1-7(9-12-3-5-16-9)13-4-2-11-6-8(13)10(14)15/h3,5,7-8,11H,2,4,6H2,1H3,(H,14,15)/t7-,8+/m0/s1. The van der Waals surface area contributed by atoms with Gasteiger partial charge in [0.1, 0.15) is 11.0 Å². The summed E-state index contributed by atoms with van der Waals surface area (Å²) >= 11 is 1.57. The first-order valence-corrected chi connectivity index (χ1v) is 6.17. The van der Waals surface area contributed by atoms with Crippen molar-refractivity contribution in [3.8, 4) is 0 Å². The van der Waals surface area contributed by atoms with Crippen molar-refractivity contribution in [2.75, 3.05) is 19.6 Å². The monoisotopic (exact) mass is 241 g/mol. The average Bonchev–Trinajstić information content (AvgIpc) is 2.81. The Bertz CT molecular complexity index is 355. The van der Waals surface area contributed by atoms with E-state index in [1.807, 2.05) is 17.2 Å². The molecule has 5 nitrogen and oxygen atoms in total. The van der Waals surface area contributed by atoms with Gasteiger partial charge in [-0.1, -0.05) is 0 Å². The van der Waals surface area contributed by atoms with Gasteiger partial charge < -0.3 is 10.4 Å². The quantitative estimate of drug-likeness (QED) is 0.809. The van der Waals surface area contributed by atoms with Crippen LogP contribution >= 0.6 is 11.3 Å². The summed E-state index contributed by atoms with van der Waals surface area (Å²) in [5.74, 6) is -0.768. The zero-order chi connectivity index (χ0) is 11.5. The van der Waals surface area contributed by atoms with E-state index >= 15 is 0 Å². The van der Waals surface area contributed by atoms with Gasteiger partial charge in [0.2, 0.25) is 0 Å². The minimum absolute atomic E-state index is 0.0724. The van der Waals surface area contributed by atoms with Crippen molar-refractivity contribution >= 4 is 17.3 Å². The number of hydrogen-bond acceptors (Lipinski definition) is 5. The lowest BCUT2D eigenvalue weighted by molar-refractivity contribution is -0.145. The summed E-state index contributed by atoms with van der Waals surface area (Å²) in [6.07, 6.45) is 1.76. The first-order valence-electron chi connectivity index (χ1n) is 5.29. The molecule has 1 aliphatic rings. The molecule has 2 heterocycles. The summed E-state index contributed by atoms with van der Waals surface area (Å²) in [5.41, 5.74) is 0. The Labute approximate surface area is 98.1 Å². The molecule has 2 atom stereocenters. The Kier molecular flexibility index (Phi) is 3.52. The third-order valence-corrected chi connectivity index (χ3v) is 3.82. The van der Waals surface area contributed by atoms with Gasteiger partial charge in [0.15, 0.2) is 0 Å². The highest BCUT2D eigenvalue weighted by Gasteiger charge is 2.32. The Morgan fingerprint density at radius 3 is 3.25 bits per heavy atom. The van der Waals surface area contributed by atoms with Gasteiger partial charge in [-0.3, -0.25) is 9.69 Å². The van der Waals surface area contributed by atoms with E-state index in [0.717, 1.165) is 18.1 Å². The number of aromatic nitrogens is 1. The minimum Gasteiger partial charge on any atom is -0.480 e. The normalized spacial score (nSPS) is 24.2. The van der Waals surface area contributed by atoms with Crippen molar-refractivity contribution in [1.29, 1.82) is 0 Å². The van der Waals surface area contributed by atoms with Gasteiger partial charge in [0.05, 0.1) is 6.04 Å². The van der Waals surface area contributed by atoms with Gasteiger partial charge in [-0.05, 0) is 6.92 Å². The van der Waals surface area contributed by atoms with E-state index in [1.165, 1.54) is 0 Å². The van der Waals surface area contributed by atoms with Crippen LogP contribution in [0.15, 0.2) is 11.6 Å². The Hall–Kier alpha value is -0.980. The van der Waals surface area contributed by atoms with E-state index in [2.05, 4.69) is 10.3 Å². The Morgan fingerprint density at radius 2 is 2.62 bits per heavy atom. The summed E-state index contributed by atoms with van der Waals surface area (Å²) < 4.78 is 0. The Morgan fingerprint density at radius 1 is 1.81 bits per heavy atom. The third-order valence-electron chi connectivity index (χ3n) is 2.88. The molecular weight excluding hydrogens is 226 g/mol. The number of thiazole rings is 1. The van der Waals surface area contributed by atoms with Gasteiger partial charge in [-0.25, -0.2) is 4.98 Å². The maximum atomic E-state index is 11.1. The van der Waals surface area contributed by atoms with Crippen molar-refractivity contribution < 1.29 is 9.90 Å². The maximum Gasteiger partial charge on any atom is 0.322 e. The molecule has 0 unspecified atom stereocenters. The molecule has 0 aromatic carbocycles. The summed E-state index contributed by atoms with van der Waals surface area (Å²) in [6, 6.07) is -0.379. The molecule has 16 heavy (non-hydrogen) atoms. The van der Waals surface area contributed by atoms with Crippen LogP contribution in [0.1, 0.15) is 18.0 Å². The molecule has 0 saturated carbocycles. The first-order chi connectivity index (χ1) is 7.70. The van der Waals surface area contributed by atoms with Gasteiger partial charge >= 0.3 is 5.97 Å². The second-order valence-electron chi connectivity index (χ2n) is 3.84. The number of carboxylic acid groups (broad SMARTS) is 1. The molecule has 1 saturated heterocycles. The number of carboxylic acids is 1. The highest BCUT2D eigenvalue weighted by atomic mass is 32.1. The van der Waals surface area contributed by atoms with Crippen LogP contribution < -0.4 is 5.32 Å². The van der Waals surface area contributed by atoms with Gasteiger partial charge in [0.25, 0.3) is 0 Å². The van der Waals surface area contributed by atoms with Gasteiger partial charge in [-0.15, -0.1) is 11.3 Å². The second-order valence-corrected chi connectivity index (χ2v) is 4.77. The smallest absolute Gasteiger partial charge is 0.322 e. The summed E-state index contributed by atoms with van der Waals surface area (Å²) in [7, 11) is 0. The van der Waals surface area contributed by atoms with Crippen molar-refractivity contribution in [3.05, 3.63) is 16.6 Å². The topological polar surface area (TPSA) is 65.5 Å². The molecule has 1 aliphatic heterocycles. The number of carbonyl (C=O) groups is 1. The molecule has 2 rings (SSSR count). The van der Waals surface area contributed by atoms with Crippen molar-refractivity contribution in [3.63, 3.8) is 0 Å². The van der Waals surface area contributed by atoms with Crippen LogP contribution in [0, 0.1) is 0 Å². The van der Waals surface area contributed by atoms with Crippen molar-refractivity contribution in [1.82, 2.24) is 15.2 Å². The van der Waals surface area contributed by atoms with Crippen LogP contribution in [0.25, 0.3) is 0 Å². The van der Waals surface area contributed by atoms with Crippen LogP contribution in [-0.2, 0) is 4.79 Å². The highest BCUT2D eigenvalue weighted by molar-refractivity contribution is 7.09. The summed E-state index contributed by atoms with van der Waals surface area (Å²) in [6.45, 7) is 4.10. The predicted octanol–water partition coefficient (Wildman–Crippen LogP) is 0.562. The first kappa shape index (κ1) is 11.5. The lowest BCUT2D eigenvalue weighted by atomic mass is 10.1. The van der Waals surface area contributed by atoms with Crippen LogP contribution in [0.4, 0.5) is 0 Å². The van der Waals surface area contributed by atoms with Gasteiger partial charge in [0, 0.05) is 31.2 Å². The molecule has 0 radical (unpaired) electrons. The molecule has 88 valence electrons. The zero-order valence-corrected chi connectivity index (χ0v) is 9.91. The molecule has 0 aliphatic carbocycles. The fourth-order valence-electron chi connectivity index (χ4n) is 2.00. The fraction of sp³-hybridized carbons (Fsp3) is 0.600. The lowest BCUT2D eigenvalue weighted by Crippen LogP contribution is -2.55. The third kappa shape index (κ3) is 2.23. The van der Waals surface area contributed by atoms with Crippen LogP contribution in [0.5, 0.6) is 0 Å². The SMILES string of the molecule is C[C@@H](c1nccs1)N1CCNC[C@@H]1C(=O)O. The van der Waals surface area contributed by atoms with Crippen LogP contribution in [0.3, 0.4) is 0 Å². The van der Waals surface area contributed by atoms with E-state index in [-0.39, 0.29) is 6.04 Å². The van der Waals surface area contributed by atoms with Crippen molar-refractivity contribution in [2.24, 2.45) is 0 Å². The minimum atomic E-state index is -0.768. The molecule has 1 aromatic rings. The van der Waals surface area contributed by atoms with E-state index in [0.29, 0.717) is 6.54 Å². The number of piperazine rings is 1. The van der Waals surface area contributed by atoms with E-state index in [9.17, 15) is 4.79 Å². The lowest BCUT2D eigenvalue weighted by Gasteiger charge is -2.36. The summed E-state index contributed by atoms with van der Waals surface area (Å²) in [4.78, 5) is 17.4. The molecule has 2 N–H and O–H groups in total. The van der Waals surface area contributed by atoms with E-state index < -0.39 is 12.0 Å². The van der Waals surface area contributed by atoms with Crippen LogP contribution in [0.2, 0.25) is 0 Å². The Balaban J connectivity index is 2.14. The molecule has 0 bridgehead atoms. The largest absolute Gasteiger partial charge is 0.480 e. The molecule has 6 heteroatoms. The predicted molar refractivity (Wildman–Crippen MR) is 61.5 cm³/mol. The van der Waals surface area contributed by atoms with Gasteiger partial charge in [-0.2, -0.15) is 0 Å². The van der Waals surface area contributed by atoms with E-state index in [1.54, 1.807) is 17.5 Å². The summed E-state index contributed by atoms with van der Waals surface area (Å²) in [5, 5.41) is 15.2. The fourth-order valence-corrected chi connectivity index (χ4v) is 2.71. The molecular formula is C10H15N3O2S. The number of hydrogen-bond donors (Lipinski definition) is 2. The molecule has 0 spiro atoms. The number of rotatable bonds is 3. The number of nitrogens with one attached hydrogen (secondary N) is 1. The maximum absolute atomic E-state index is 11.1. The average molecular weight is 241 g/mol. The molecule has 1 fully saturated rings.